The summed E-state index contributed by atoms with van der Waals surface area (Å²) in [4.78, 5) is 4.08. The number of nitrogens with two attached hydrogens (primary N) is 1. The van der Waals surface area contributed by atoms with Crippen molar-refractivity contribution < 1.29 is 13.3 Å². The topological polar surface area (TPSA) is 64.9 Å². The first kappa shape index (κ1) is 13.1. The minimum Gasteiger partial charge on any atom is -0.339 e. The van der Waals surface area contributed by atoms with Crippen LogP contribution in [0.15, 0.2) is 21.1 Å². The molecule has 18 heavy (non-hydrogen) atoms. The summed E-state index contributed by atoms with van der Waals surface area (Å²) >= 11 is 2.97. The molecular formula is C11H10BrF2N3O. The molecule has 0 aliphatic carbocycles. The second-order valence-electron chi connectivity index (χ2n) is 3.92. The van der Waals surface area contributed by atoms with Crippen LogP contribution in [-0.4, -0.2) is 16.2 Å². The summed E-state index contributed by atoms with van der Waals surface area (Å²) in [5, 5.41) is 3.71. The minimum atomic E-state index is -0.981. The van der Waals surface area contributed by atoms with Crippen LogP contribution in [0.2, 0.25) is 0 Å². The Balaban J connectivity index is 2.37. The standard InChI is InChI=1S/C11H10BrF2N3O/c1-5(15)4-8-16-11(17-18-8)6-2-3-7(13)10(14)9(6)12/h2-3,5H,4,15H2,1H3. The second kappa shape index (κ2) is 5.11. The predicted molar refractivity (Wildman–Crippen MR) is 64.7 cm³/mol. The second-order valence-corrected chi connectivity index (χ2v) is 4.71. The maximum absolute atomic E-state index is 13.4. The van der Waals surface area contributed by atoms with E-state index in [1.807, 2.05) is 0 Å². The molecule has 1 atom stereocenters. The third kappa shape index (κ3) is 2.56. The Morgan fingerprint density at radius 2 is 2.17 bits per heavy atom. The van der Waals surface area contributed by atoms with E-state index in [0.29, 0.717) is 17.9 Å². The Kier molecular flexibility index (Phi) is 3.72. The van der Waals surface area contributed by atoms with Crippen LogP contribution < -0.4 is 5.73 Å². The third-order valence-corrected chi connectivity index (χ3v) is 3.02. The zero-order valence-electron chi connectivity index (χ0n) is 9.45. The molecule has 4 nitrogen and oxygen atoms in total. The number of benzene rings is 1. The molecule has 2 aromatic rings. The molecule has 0 saturated carbocycles. The lowest BCUT2D eigenvalue weighted by molar-refractivity contribution is 0.372. The van der Waals surface area contributed by atoms with Gasteiger partial charge in [0.1, 0.15) is 0 Å². The Hall–Kier alpha value is -1.34. The van der Waals surface area contributed by atoms with Crippen molar-refractivity contribution in [3.8, 4) is 11.4 Å². The Labute approximate surface area is 110 Å². The van der Waals surface area contributed by atoms with Crippen LogP contribution in [0, 0.1) is 11.6 Å². The molecule has 0 aliphatic heterocycles. The minimum absolute atomic E-state index is 0.0318. The highest BCUT2D eigenvalue weighted by Crippen LogP contribution is 2.29. The molecule has 2 rings (SSSR count). The maximum atomic E-state index is 13.4. The molecule has 0 spiro atoms. The van der Waals surface area contributed by atoms with Crippen molar-refractivity contribution in [3.05, 3.63) is 34.1 Å². The summed E-state index contributed by atoms with van der Waals surface area (Å²) in [7, 11) is 0. The highest BCUT2D eigenvalue weighted by atomic mass is 79.9. The Bertz CT molecular complexity index is 571. The molecule has 0 saturated heterocycles. The van der Waals surface area contributed by atoms with Crippen LogP contribution in [0.1, 0.15) is 12.8 Å². The first-order chi connectivity index (χ1) is 8.49. The summed E-state index contributed by atoms with van der Waals surface area (Å²) in [5.41, 5.74) is 5.93. The fraction of sp³-hybridized carbons (Fsp3) is 0.273. The molecule has 0 bridgehead atoms. The molecule has 96 valence electrons. The zero-order chi connectivity index (χ0) is 13.3. The first-order valence-electron chi connectivity index (χ1n) is 5.21. The van der Waals surface area contributed by atoms with Gasteiger partial charge in [-0.05, 0) is 35.0 Å². The van der Waals surface area contributed by atoms with E-state index in [1.165, 1.54) is 6.07 Å². The van der Waals surface area contributed by atoms with E-state index >= 15 is 0 Å². The SMILES string of the molecule is CC(N)Cc1nc(-c2ccc(F)c(F)c2Br)no1. The van der Waals surface area contributed by atoms with Crippen molar-refractivity contribution in [1.82, 2.24) is 10.1 Å². The van der Waals surface area contributed by atoms with Crippen molar-refractivity contribution in [2.75, 3.05) is 0 Å². The highest BCUT2D eigenvalue weighted by Gasteiger charge is 2.17. The average molecular weight is 318 g/mol. The van der Waals surface area contributed by atoms with Gasteiger partial charge in [-0.15, -0.1) is 0 Å². The molecule has 1 aromatic carbocycles. The molecule has 0 aliphatic rings. The summed E-state index contributed by atoms with van der Waals surface area (Å²) in [6.07, 6.45) is 0.425. The molecule has 7 heteroatoms. The molecule has 0 amide bonds. The van der Waals surface area contributed by atoms with Crippen LogP contribution >= 0.6 is 15.9 Å². The van der Waals surface area contributed by atoms with Crippen molar-refractivity contribution >= 4 is 15.9 Å². The van der Waals surface area contributed by atoms with Crippen molar-refractivity contribution in [1.29, 1.82) is 0 Å². The van der Waals surface area contributed by atoms with E-state index in [4.69, 9.17) is 10.3 Å². The van der Waals surface area contributed by atoms with Gasteiger partial charge < -0.3 is 10.3 Å². The number of halogens is 3. The van der Waals surface area contributed by atoms with Gasteiger partial charge in [0.15, 0.2) is 11.6 Å². The average Bonchev–Trinajstić information content (AvgIpc) is 2.73. The Morgan fingerprint density at radius 3 is 2.83 bits per heavy atom. The lowest BCUT2D eigenvalue weighted by Gasteiger charge is -2.01. The fourth-order valence-corrected chi connectivity index (χ4v) is 1.92. The van der Waals surface area contributed by atoms with E-state index in [2.05, 4.69) is 26.1 Å². The largest absolute Gasteiger partial charge is 0.339 e. The monoisotopic (exact) mass is 317 g/mol. The van der Waals surface area contributed by atoms with Crippen molar-refractivity contribution in [3.63, 3.8) is 0 Å². The number of hydrogen-bond acceptors (Lipinski definition) is 4. The molecule has 1 heterocycles. The van der Waals surface area contributed by atoms with Gasteiger partial charge in [-0.2, -0.15) is 4.98 Å². The summed E-state index contributed by atoms with van der Waals surface area (Å²) in [5.74, 6) is -1.37. The zero-order valence-corrected chi connectivity index (χ0v) is 11.0. The quantitative estimate of drug-likeness (QED) is 0.884. The van der Waals surface area contributed by atoms with Crippen molar-refractivity contribution in [2.24, 2.45) is 5.73 Å². The fourth-order valence-electron chi connectivity index (χ4n) is 1.42. The van der Waals surface area contributed by atoms with E-state index < -0.39 is 11.6 Å². The van der Waals surface area contributed by atoms with Gasteiger partial charge in [-0.1, -0.05) is 5.16 Å². The van der Waals surface area contributed by atoms with Gasteiger partial charge in [0.2, 0.25) is 11.7 Å². The van der Waals surface area contributed by atoms with Crippen LogP contribution in [0.5, 0.6) is 0 Å². The van der Waals surface area contributed by atoms with Gasteiger partial charge in [0.05, 0.1) is 4.47 Å². The predicted octanol–water partition coefficient (Wildman–Crippen LogP) is 2.67. The van der Waals surface area contributed by atoms with E-state index in [-0.39, 0.29) is 16.3 Å². The van der Waals surface area contributed by atoms with Crippen LogP contribution in [-0.2, 0) is 6.42 Å². The van der Waals surface area contributed by atoms with Crippen LogP contribution in [0.4, 0.5) is 8.78 Å². The van der Waals surface area contributed by atoms with Gasteiger partial charge in [0, 0.05) is 18.0 Å². The van der Waals surface area contributed by atoms with E-state index in [9.17, 15) is 8.78 Å². The summed E-state index contributed by atoms with van der Waals surface area (Å²) in [6.45, 7) is 1.80. The van der Waals surface area contributed by atoms with Gasteiger partial charge >= 0.3 is 0 Å². The third-order valence-electron chi connectivity index (χ3n) is 2.24. The summed E-state index contributed by atoms with van der Waals surface area (Å²) in [6, 6.07) is 2.27. The molecule has 1 aromatic heterocycles. The Morgan fingerprint density at radius 1 is 1.44 bits per heavy atom. The van der Waals surface area contributed by atoms with Crippen molar-refractivity contribution in [2.45, 2.75) is 19.4 Å². The van der Waals surface area contributed by atoms with Crippen LogP contribution in [0.25, 0.3) is 11.4 Å². The van der Waals surface area contributed by atoms with E-state index in [0.717, 1.165) is 6.07 Å². The molecule has 2 N–H and O–H groups in total. The normalized spacial score (nSPS) is 12.7. The van der Waals surface area contributed by atoms with Gasteiger partial charge in [-0.3, -0.25) is 0 Å². The number of nitrogens with zero attached hydrogens (tertiary/aromatic N) is 2. The molecular weight excluding hydrogens is 308 g/mol. The van der Waals surface area contributed by atoms with Gasteiger partial charge in [0.25, 0.3) is 0 Å². The number of hydrogen-bond donors (Lipinski definition) is 1. The van der Waals surface area contributed by atoms with Crippen LogP contribution in [0.3, 0.4) is 0 Å². The molecule has 1 unspecified atom stereocenters. The van der Waals surface area contributed by atoms with E-state index in [1.54, 1.807) is 6.92 Å². The lowest BCUT2D eigenvalue weighted by Crippen LogP contribution is -2.17. The lowest BCUT2D eigenvalue weighted by atomic mass is 10.2. The maximum Gasteiger partial charge on any atom is 0.228 e. The summed E-state index contributed by atoms with van der Waals surface area (Å²) < 4.78 is 31.3. The first-order valence-corrected chi connectivity index (χ1v) is 6.00. The highest BCUT2D eigenvalue weighted by molar-refractivity contribution is 9.10. The van der Waals surface area contributed by atoms with Gasteiger partial charge in [-0.25, -0.2) is 8.78 Å². The molecule has 0 radical (unpaired) electrons. The number of rotatable bonds is 3. The smallest absolute Gasteiger partial charge is 0.228 e. The number of aromatic nitrogens is 2. The molecule has 0 fully saturated rings.